The molecule has 2 aromatic carbocycles. The molecule has 0 heterocycles. The smallest absolute Gasteiger partial charge is 0.254 e. The minimum Gasteiger partial charge on any atom is -0.348 e. The number of nitrogens with one attached hydrogen (secondary N) is 1. The molecule has 0 radical (unpaired) electrons. The van der Waals surface area contributed by atoms with Crippen LogP contribution in [0.15, 0.2) is 30.3 Å². The lowest BCUT2D eigenvalue weighted by Crippen LogP contribution is -2.25. The van der Waals surface area contributed by atoms with E-state index in [1.807, 2.05) is 0 Å². The maximum Gasteiger partial charge on any atom is 0.254 e. The zero-order chi connectivity index (χ0) is 15.6. The van der Waals surface area contributed by atoms with Crippen molar-refractivity contribution in [3.63, 3.8) is 0 Å². The van der Waals surface area contributed by atoms with E-state index in [0.29, 0.717) is 6.07 Å². The zero-order valence-corrected chi connectivity index (χ0v) is 10.4. The monoisotopic (exact) mass is 301 g/mol. The molecule has 2 rings (SSSR count). The van der Waals surface area contributed by atoms with Gasteiger partial charge in [0.2, 0.25) is 0 Å². The van der Waals surface area contributed by atoms with E-state index in [2.05, 4.69) is 5.32 Å². The number of carbonyl (C=O) groups is 1. The van der Waals surface area contributed by atoms with E-state index in [1.54, 1.807) is 0 Å². The fraction of sp³-hybridized carbons (Fsp3) is 0.0714. The molecule has 110 valence electrons. The molecule has 0 unspecified atom stereocenters. The van der Waals surface area contributed by atoms with Gasteiger partial charge in [-0.15, -0.1) is 0 Å². The second-order valence-electron chi connectivity index (χ2n) is 4.14. The van der Waals surface area contributed by atoms with E-state index < -0.39 is 47.1 Å². The van der Waals surface area contributed by atoms with E-state index in [4.69, 9.17) is 0 Å². The molecule has 0 aliphatic rings. The highest BCUT2D eigenvalue weighted by Crippen LogP contribution is 2.15. The lowest BCUT2D eigenvalue weighted by molar-refractivity contribution is 0.0945. The van der Waals surface area contributed by atoms with Gasteiger partial charge in [-0.3, -0.25) is 4.79 Å². The molecule has 0 bridgehead atoms. The minimum atomic E-state index is -1.78. The Kier molecular flexibility index (Phi) is 4.21. The highest BCUT2D eigenvalue weighted by Gasteiger charge is 2.18. The van der Waals surface area contributed by atoms with Gasteiger partial charge < -0.3 is 5.32 Å². The molecule has 2 aromatic rings. The van der Waals surface area contributed by atoms with Gasteiger partial charge in [0.15, 0.2) is 17.5 Å². The number of carbonyl (C=O) groups excluding carboxylic acids is 1. The molecular weight excluding hydrogens is 293 g/mol. The van der Waals surface area contributed by atoms with Gasteiger partial charge in [0, 0.05) is 12.1 Å². The van der Waals surface area contributed by atoms with Crippen LogP contribution in [0.1, 0.15) is 15.9 Å². The number of benzene rings is 2. The van der Waals surface area contributed by atoms with Crippen molar-refractivity contribution in [3.8, 4) is 0 Å². The first-order valence-electron chi connectivity index (χ1n) is 5.75. The number of hydrogen-bond donors (Lipinski definition) is 1. The van der Waals surface area contributed by atoms with Crippen LogP contribution in [-0.2, 0) is 6.54 Å². The first kappa shape index (κ1) is 15.0. The van der Waals surface area contributed by atoms with Gasteiger partial charge in [0.25, 0.3) is 5.91 Å². The number of rotatable bonds is 3. The molecule has 0 atom stereocenters. The minimum absolute atomic E-state index is 0.161. The van der Waals surface area contributed by atoms with E-state index in [9.17, 15) is 26.7 Å². The van der Waals surface area contributed by atoms with Crippen molar-refractivity contribution in [3.05, 3.63) is 70.5 Å². The number of amides is 1. The molecule has 2 nitrogen and oxygen atoms in total. The van der Waals surface area contributed by atoms with Crippen LogP contribution in [0, 0.1) is 29.1 Å². The predicted molar refractivity (Wildman–Crippen MR) is 63.8 cm³/mol. The van der Waals surface area contributed by atoms with Gasteiger partial charge in [-0.1, -0.05) is 0 Å². The Labute approximate surface area is 116 Å². The number of halogens is 5. The molecule has 0 aromatic heterocycles. The quantitative estimate of drug-likeness (QED) is 0.684. The van der Waals surface area contributed by atoms with Crippen LogP contribution in [0.3, 0.4) is 0 Å². The molecule has 7 heteroatoms. The summed E-state index contributed by atoms with van der Waals surface area (Å²) in [6.07, 6.45) is 0. The Bertz CT molecular complexity index is 702. The second kappa shape index (κ2) is 5.90. The van der Waals surface area contributed by atoms with Gasteiger partial charge in [-0.2, -0.15) is 0 Å². The SMILES string of the molecule is O=C(NCc1cc(F)ccc1F)c1ccc(F)c(F)c1F. The third-order valence-corrected chi connectivity index (χ3v) is 2.73. The molecular formula is C14H8F5NO. The first-order valence-corrected chi connectivity index (χ1v) is 5.75. The Balaban J connectivity index is 2.16. The van der Waals surface area contributed by atoms with Gasteiger partial charge in [0.1, 0.15) is 11.6 Å². The van der Waals surface area contributed by atoms with Crippen molar-refractivity contribution in [1.29, 1.82) is 0 Å². The summed E-state index contributed by atoms with van der Waals surface area (Å²) in [7, 11) is 0. The van der Waals surface area contributed by atoms with Crippen LogP contribution in [-0.4, -0.2) is 5.91 Å². The van der Waals surface area contributed by atoms with Gasteiger partial charge in [0.05, 0.1) is 5.56 Å². The first-order chi connectivity index (χ1) is 9.90. The highest BCUT2D eigenvalue weighted by atomic mass is 19.2. The summed E-state index contributed by atoms with van der Waals surface area (Å²) < 4.78 is 65.3. The zero-order valence-electron chi connectivity index (χ0n) is 10.4. The van der Waals surface area contributed by atoms with E-state index >= 15 is 0 Å². The number of hydrogen-bond acceptors (Lipinski definition) is 1. The lowest BCUT2D eigenvalue weighted by atomic mass is 10.1. The normalized spacial score (nSPS) is 10.5. The average molecular weight is 301 g/mol. The van der Waals surface area contributed by atoms with Crippen molar-refractivity contribution in [2.75, 3.05) is 0 Å². The molecule has 21 heavy (non-hydrogen) atoms. The Morgan fingerprint density at radius 1 is 0.905 bits per heavy atom. The molecule has 0 fully saturated rings. The maximum atomic E-state index is 13.4. The topological polar surface area (TPSA) is 29.1 Å². The van der Waals surface area contributed by atoms with Crippen LogP contribution in [0.25, 0.3) is 0 Å². The van der Waals surface area contributed by atoms with Crippen molar-refractivity contribution < 1.29 is 26.7 Å². The fourth-order valence-electron chi connectivity index (χ4n) is 1.65. The van der Waals surface area contributed by atoms with E-state index in [-0.39, 0.29) is 5.56 Å². The van der Waals surface area contributed by atoms with Crippen molar-refractivity contribution in [2.45, 2.75) is 6.54 Å². The summed E-state index contributed by atoms with van der Waals surface area (Å²) in [4.78, 5) is 11.6. The van der Waals surface area contributed by atoms with Gasteiger partial charge >= 0.3 is 0 Å². The standard InChI is InChI=1S/C14H8F5NO/c15-8-1-3-10(16)7(5-8)6-20-14(21)9-2-4-11(17)13(19)12(9)18/h1-5H,6H2,(H,20,21). The summed E-state index contributed by atoms with van der Waals surface area (Å²) in [5.41, 5.74) is -0.892. The van der Waals surface area contributed by atoms with E-state index in [1.165, 1.54) is 0 Å². The Hall–Kier alpha value is -2.44. The van der Waals surface area contributed by atoms with Crippen LogP contribution in [0.4, 0.5) is 22.0 Å². The summed E-state index contributed by atoms with van der Waals surface area (Å²) in [5, 5.41) is 2.10. The second-order valence-corrected chi connectivity index (χ2v) is 4.14. The molecule has 0 aliphatic carbocycles. The van der Waals surface area contributed by atoms with Crippen molar-refractivity contribution in [2.24, 2.45) is 0 Å². The summed E-state index contributed by atoms with van der Waals surface area (Å²) in [6, 6.07) is 3.98. The largest absolute Gasteiger partial charge is 0.348 e. The van der Waals surface area contributed by atoms with Gasteiger partial charge in [-0.25, -0.2) is 22.0 Å². The molecule has 0 spiro atoms. The molecule has 1 N–H and O–H groups in total. The molecule has 0 aliphatic heterocycles. The van der Waals surface area contributed by atoms with Gasteiger partial charge in [-0.05, 0) is 30.3 Å². The van der Waals surface area contributed by atoms with Crippen LogP contribution < -0.4 is 5.32 Å². The van der Waals surface area contributed by atoms with Crippen molar-refractivity contribution >= 4 is 5.91 Å². The molecule has 1 amide bonds. The molecule has 0 saturated carbocycles. The Morgan fingerprint density at radius 3 is 2.29 bits per heavy atom. The van der Waals surface area contributed by atoms with Crippen molar-refractivity contribution in [1.82, 2.24) is 5.32 Å². The van der Waals surface area contributed by atoms with Crippen LogP contribution >= 0.6 is 0 Å². The summed E-state index contributed by atoms with van der Waals surface area (Å²) in [6.45, 7) is -0.430. The Morgan fingerprint density at radius 2 is 1.57 bits per heavy atom. The van der Waals surface area contributed by atoms with E-state index in [0.717, 1.165) is 24.3 Å². The highest BCUT2D eigenvalue weighted by molar-refractivity contribution is 5.94. The third kappa shape index (κ3) is 3.18. The summed E-state index contributed by atoms with van der Waals surface area (Å²) in [5.74, 6) is -7.40. The predicted octanol–water partition coefficient (Wildman–Crippen LogP) is 3.31. The van der Waals surface area contributed by atoms with Crippen LogP contribution in [0.5, 0.6) is 0 Å². The summed E-state index contributed by atoms with van der Waals surface area (Å²) >= 11 is 0. The maximum absolute atomic E-state index is 13.4. The third-order valence-electron chi connectivity index (χ3n) is 2.73. The van der Waals surface area contributed by atoms with Crippen LogP contribution in [0.2, 0.25) is 0 Å². The molecule has 0 saturated heterocycles. The lowest BCUT2D eigenvalue weighted by Gasteiger charge is -2.08. The average Bonchev–Trinajstić information content (AvgIpc) is 2.45. The fourth-order valence-corrected chi connectivity index (χ4v) is 1.65.